The van der Waals surface area contributed by atoms with Gasteiger partial charge in [-0.05, 0) is 122 Å². The van der Waals surface area contributed by atoms with Gasteiger partial charge in [-0.2, -0.15) is 0 Å². The molecule has 8 nitrogen and oxygen atoms in total. The zero-order valence-electron chi connectivity index (χ0n) is 25.7. The third-order valence-corrected chi connectivity index (χ3v) is 9.04. The SMILES string of the molecule is C/C(S)=c1\c(C)c2[nH]\c1=C/c1[nH]c(c(CCC(=O)O)c1C)/C=c1\[nH]/c(c(C)c1CCC(=O)O)=C\c1[nH]c(/c(=C(\C)S)c1C)=C\2. The lowest BCUT2D eigenvalue weighted by Gasteiger charge is -2.01. The predicted octanol–water partition coefficient (Wildman–Crippen LogP) is 2.01. The minimum absolute atomic E-state index is 0.0110. The summed E-state index contributed by atoms with van der Waals surface area (Å²) in [5.74, 6) is -1.74. The molecule has 8 bridgehead atoms. The second kappa shape index (κ2) is 12.2. The van der Waals surface area contributed by atoms with Crippen LogP contribution in [0.4, 0.5) is 0 Å². The smallest absolute Gasteiger partial charge is 0.303 e. The number of thiol groups is 2. The van der Waals surface area contributed by atoms with Crippen LogP contribution in [0.15, 0.2) is 0 Å². The lowest BCUT2D eigenvalue weighted by atomic mass is 10.0. The van der Waals surface area contributed by atoms with Crippen molar-refractivity contribution in [2.75, 3.05) is 0 Å². The quantitative estimate of drug-likeness (QED) is 0.136. The molecule has 0 spiro atoms. The standard InChI is InChI=1S/C34H38N4O4S2/c1-15-21(7-9-31(39)40)27-14-28-22(8-10-32(41)42)16(2)24(36-28)12-29-34(20(6)44)18(4)26(38-29)13-30-33(19(5)43)17(3)25(37-30)11-23(15)35-27/h11-14,35-38,43-44H,7-10H2,1-6H3,(H,39,40)(H,41,42)/b23-11-,27-14-,29-12-,30-13-,33-19+,34-20-. The molecule has 4 aromatic rings. The topological polar surface area (TPSA) is 138 Å². The summed E-state index contributed by atoms with van der Waals surface area (Å²) >= 11 is 9.49. The van der Waals surface area contributed by atoms with Gasteiger partial charge in [-0.25, -0.2) is 0 Å². The Morgan fingerprint density at radius 3 is 1.48 bits per heavy atom. The minimum atomic E-state index is -0.869. The Morgan fingerprint density at radius 2 is 1.00 bits per heavy atom. The fourth-order valence-corrected chi connectivity index (χ4v) is 6.87. The first-order valence-corrected chi connectivity index (χ1v) is 15.4. The number of rotatable bonds is 6. The molecule has 1 aliphatic heterocycles. The Balaban J connectivity index is 1.98. The van der Waals surface area contributed by atoms with Gasteiger partial charge in [0.2, 0.25) is 0 Å². The van der Waals surface area contributed by atoms with Crippen molar-refractivity contribution in [1.29, 1.82) is 0 Å². The fourth-order valence-electron chi connectivity index (χ4n) is 6.29. The number of fused-ring (bicyclic) bond motifs is 8. The molecule has 0 unspecified atom stereocenters. The van der Waals surface area contributed by atoms with E-state index in [9.17, 15) is 19.8 Å². The van der Waals surface area contributed by atoms with Crippen molar-refractivity contribution in [3.8, 4) is 0 Å². The number of aliphatic carboxylic acids is 2. The summed E-state index contributed by atoms with van der Waals surface area (Å²) < 4.78 is 0. The average molecular weight is 631 g/mol. The predicted molar refractivity (Wildman–Crippen MR) is 182 cm³/mol. The van der Waals surface area contributed by atoms with Crippen LogP contribution in [0.25, 0.3) is 34.1 Å². The molecule has 1 aliphatic rings. The number of carbonyl (C=O) groups is 2. The molecule has 0 aliphatic carbocycles. The number of aromatic amines is 4. The molecule has 0 saturated carbocycles. The van der Waals surface area contributed by atoms with Crippen molar-refractivity contribution >= 4 is 71.3 Å². The van der Waals surface area contributed by atoms with Gasteiger partial charge >= 0.3 is 11.9 Å². The van der Waals surface area contributed by atoms with Crippen LogP contribution in [-0.4, -0.2) is 42.1 Å². The van der Waals surface area contributed by atoms with E-state index in [0.29, 0.717) is 12.8 Å². The normalized spacial score (nSPS) is 16.9. The zero-order valence-corrected chi connectivity index (χ0v) is 27.5. The van der Waals surface area contributed by atoms with E-state index in [2.05, 4.69) is 52.0 Å². The minimum Gasteiger partial charge on any atom is -0.481 e. The molecule has 44 heavy (non-hydrogen) atoms. The molecular formula is C34H38N4O4S2. The maximum absolute atomic E-state index is 11.6. The van der Waals surface area contributed by atoms with Crippen molar-refractivity contribution in [3.05, 3.63) is 88.0 Å². The number of H-pyrrole nitrogens is 4. The van der Waals surface area contributed by atoms with Gasteiger partial charge in [0, 0.05) is 67.5 Å². The number of hydrogen-bond acceptors (Lipinski definition) is 4. The lowest BCUT2D eigenvalue weighted by Crippen LogP contribution is -2.25. The number of hydrogen-bond donors (Lipinski definition) is 8. The fraction of sp³-hybridized carbons (Fsp3) is 0.294. The van der Waals surface area contributed by atoms with Crippen LogP contribution in [0.1, 0.15) is 82.8 Å². The highest BCUT2D eigenvalue weighted by atomic mass is 32.1. The van der Waals surface area contributed by atoms with Gasteiger partial charge < -0.3 is 30.1 Å². The maximum Gasteiger partial charge on any atom is 0.303 e. The van der Waals surface area contributed by atoms with Crippen LogP contribution in [0, 0.1) is 27.7 Å². The Kier molecular flexibility index (Phi) is 8.68. The molecule has 6 N–H and O–H groups in total. The second-order valence-electron chi connectivity index (χ2n) is 11.6. The molecular weight excluding hydrogens is 593 g/mol. The summed E-state index contributed by atoms with van der Waals surface area (Å²) in [6.07, 6.45) is 8.86. The van der Waals surface area contributed by atoms with Gasteiger partial charge in [0.1, 0.15) is 0 Å². The average Bonchev–Trinajstić information content (AvgIpc) is 3.59. The first kappa shape index (κ1) is 31.4. The van der Waals surface area contributed by atoms with E-state index < -0.39 is 11.9 Å². The van der Waals surface area contributed by atoms with Crippen LogP contribution in [-0.2, 0) is 22.4 Å². The first-order valence-electron chi connectivity index (χ1n) is 14.5. The molecule has 0 aromatic carbocycles. The summed E-state index contributed by atoms with van der Waals surface area (Å²) in [6.45, 7) is 12.1. The van der Waals surface area contributed by atoms with Crippen molar-refractivity contribution in [3.63, 3.8) is 0 Å². The number of carboxylic acids is 2. The zero-order chi connectivity index (χ0) is 32.0. The molecule has 0 saturated heterocycles. The van der Waals surface area contributed by atoms with Crippen LogP contribution in [0.5, 0.6) is 0 Å². The van der Waals surface area contributed by atoms with Crippen molar-refractivity contribution in [1.82, 2.24) is 19.9 Å². The molecule has 10 heteroatoms. The molecule has 230 valence electrons. The van der Waals surface area contributed by atoms with Crippen molar-refractivity contribution < 1.29 is 19.8 Å². The van der Waals surface area contributed by atoms with E-state index >= 15 is 0 Å². The van der Waals surface area contributed by atoms with Gasteiger partial charge in [0.25, 0.3) is 0 Å². The summed E-state index contributed by atoms with van der Waals surface area (Å²) in [4.78, 5) is 39.3. The summed E-state index contributed by atoms with van der Waals surface area (Å²) in [6, 6.07) is 0. The Hall–Kier alpha value is -4.02. The molecule has 0 radical (unpaired) electrons. The summed E-state index contributed by atoms with van der Waals surface area (Å²) in [7, 11) is 0. The van der Waals surface area contributed by atoms with Crippen LogP contribution < -0.4 is 31.8 Å². The molecule has 0 fully saturated rings. The van der Waals surface area contributed by atoms with Crippen LogP contribution >= 0.6 is 25.3 Å². The Morgan fingerprint density at radius 1 is 0.568 bits per heavy atom. The van der Waals surface area contributed by atoms with Gasteiger partial charge in [0.05, 0.1) is 0 Å². The van der Waals surface area contributed by atoms with Gasteiger partial charge in [-0.15, -0.1) is 25.3 Å². The molecule has 4 aromatic heterocycles. The van der Waals surface area contributed by atoms with E-state index in [-0.39, 0.29) is 12.8 Å². The van der Waals surface area contributed by atoms with E-state index in [0.717, 1.165) is 97.8 Å². The third kappa shape index (κ3) is 5.88. The number of aromatic nitrogens is 4. The monoisotopic (exact) mass is 630 g/mol. The highest BCUT2D eigenvalue weighted by Gasteiger charge is 2.17. The Labute approximate surface area is 265 Å². The second-order valence-corrected chi connectivity index (χ2v) is 12.9. The molecule has 0 amide bonds. The summed E-state index contributed by atoms with van der Waals surface area (Å²) in [5.41, 5.74) is 9.33. The van der Waals surface area contributed by atoms with E-state index in [4.69, 9.17) is 25.3 Å². The van der Waals surface area contributed by atoms with E-state index in [1.54, 1.807) is 0 Å². The van der Waals surface area contributed by atoms with Gasteiger partial charge in [0.15, 0.2) is 0 Å². The number of nitrogens with one attached hydrogen (secondary N) is 4. The van der Waals surface area contributed by atoms with E-state index in [1.165, 1.54) is 0 Å². The van der Waals surface area contributed by atoms with Gasteiger partial charge in [-0.3, -0.25) is 9.59 Å². The molecule has 0 atom stereocenters. The third-order valence-electron chi connectivity index (χ3n) is 8.59. The highest BCUT2D eigenvalue weighted by molar-refractivity contribution is 7.90. The van der Waals surface area contributed by atoms with Crippen LogP contribution in [0.2, 0.25) is 0 Å². The van der Waals surface area contributed by atoms with E-state index in [1.807, 2.05) is 33.8 Å². The Bertz CT molecular complexity index is 2220. The van der Waals surface area contributed by atoms with Gasteiger partial charge in [-0.1, -0.05) is 0 Å². The van der Waals surface area contributed by atoms with Crippen molar-refractivity contribution in [2.45, 2.75) is 67.2 Å². The largest absolute Gasteiger partial charge is 0.481 e. The first-order chi connectivity index (χ1) is 20.8. The maximum atomic E-state index is 11.6. The lowest BCUT2D eigenvalue weighted by molar-refractivity contribution is -0.138. The van der Waals surface area contributed by atoms with Crippen LogP contribution in [0.3, 0.4) is 0 Å². The molecule has 5 heterocycles. The highest BCUT2D eigenvalue weighted by Crippen LogP contribution is 2.22. The van der Waals surface area contributed by atoms with Crippen molar-refractivity contribution in [2.24, 2.45) is 0 Å². The number of carboxylic acid groups (broad SMARTS) is 2. The molecule has 5 rings (SSSR count). The summed E-state index contributed by atoms with van der Waals surface area (Å²) in [5, 5.41) is 24.5.